The number of carbonyl (C=O) groups is 1. The molecule has 1 N–H and O–H groups in total. The second-order valence-electron chi connectivity index (χ2n) is 7.11. The normalized spacial score (nSPS) is 19.7. The molecule has 1 aromatic rings. The molecule has 0 aliphatic carbocycles. The average Bonchev–Trinajstić information content (AvgIpc) is 2.45. The molecule has 0 bridgehead atoms. The summed E-state index contributed by atoms with van der Waals surface area (Å²) in [4.78, 5) is 14.2. The maximum absolute atomic E-state index is 11.7. The van der Waals surface area contributed by atoms with Crippen LogP contribution < -0.4 is 5.32 Å². The van der Waals surface area contributed by atoms with Crippen molar-refractivity contribution < 1.29 is 9.53 Å². The fourth-order valence-corrected chi connectivity index (χ4v) is 2.84. The summed E-state index contributed by atoms with van der Waals surface area (Å²) in [5, 5.41) is 2.91. The van der Waals surface area contributed by atoms with Crippen LogP contribution in [0.3, 0.4) is 0 Å². The van der Waals surface area contributed by atoms with E-state index in [2.05, 4.69) is 34.5 Å². The van der Waals surface area contributed by atoms with Gasteiger partial charge in [0.05, 0.1) is 0 Å². The van der Waals surface area contributed by atoms with E-state index in [9.17, 15) is 4.79 Å². The van der Waals surface area contributed by atoms with Crippen molar-refractivity contribution in [3.63, 3.8) is 0 Å². The van der Waals surface area contributed by atoms with Crippen molar-refractivity contribution in [3.05, 3.63) is 35.9 Å². The van der Waals surface area contributed by atoms with Crippen LogP contribution in [0.4, 0.5) is 4.79 Å². The number of rotatable bonds is 4. The highest BCUT2D eigenvalue weighted by atomic mass is 16.6. The second kappa shape index (κ2) is 7.63. The molecule has 0 aromatic heterocycles. The van der Waals surface area contributed by atoms with Gasteiger partial charge in [0.2, 0.25) is 0 Å². The van der Waals surface area contributed by atoms with Gasteiger partial charge in [-0.05, 0) is 51.6 Å². The van der Waals surface area contributed by atoms with Crippen LogP contribution in [0.1, 0.15) is 39.2 Å². The van der Waals surface area contributed by atoms with Crippen LogP contribution in [0.5, 0.6) is 0 Å². The molecule has 1 unspecified atom stereocenters. The van der Waals surface area contributed by atoms with Crippen LogP contribution in [0.15, 0.2) is 30.3 Å². The Hall–Kier alpha value is -1.55. The van der Waals surface area contributed by atoms with Crippen LogP contribution in [0.25, 0.3) is 0 Å². The summed E-state index contributed by atoms with van der Waals surface area (Å²) in [5.74, 6) is 0.505. The van der Waals surface area contributed by atoms with Crippen LogP contribution in [-0.2, 0) is 11.3 Å². The van der Waals surface area contributed by atoms with E-state index in [4.69, 9.17) is 4.74 Å². The van der Waals surface area contributed by atoms with Crippen molar-refractivity contribution in [2.24, 2.45) is 5.92 Å². The fourth-order valence-electron chi connectivity index (χ4n) is 2.84. The Morgan fingerprint density at radius 2 is 2.05 bits per heavy atom. The number of amides is 1. The Balaban J connectivity index is 1.75. The van der Waals surface area contributed by atoms with Gasteiger partial charge in [-0.2, -0.15) is 0 Å². The van der Waals surface area contributed by atoms with Gasteiger partial charge in [0.1, 0.15) is 5.60 Å². The van der Waals surface area contributed by atoms with Gasteiger partial charge in [-0.25, -0.2) is 4.79 Å². The average molecular weight is 304 g/mol. The van der Waals surface area contributed by atoms with Crippen molar-refractivity contribution in [2.75, 3.05) is 19.6 Å². The minimum atomic E-state index is -0.435. The molecule has 1 aliphatic heterocycles. The molecule has 1 amide bonds. The third kappa shape index (κ3) is 6.06. The van der Waals surface area contributed by atoms with E-state index in [1.165, 1.54) is 18.4 Å². The Morgan fingerprint density at radius 1 is 1.32 bits per heavy atom. The molecule has 1 aromatic carbocycles. The van der Waals surface area contributed by atoms with Crippen molar-refractivity contribution >= 4 is 6.09 Å². The third-order valence-corrected chi connectivity index (χ3v) is 3.79. The van der Waals surface area contributed by atoms with E-state index in [0.717, 1.165) is 19.6 Å². The SMILES string of the molecule is CC(C)(C)OC(=O)NCC1CCCN(Cc2ccccc2)C1. The zero-order chi connectivity index (χ0) is 16.0. The number of ether oxygens (including phenoxy) is 1. The first kappa shape index (κ1) is 16.8. The highest BCUT2D eigenvalue weighted by Gasteiger charge is 2.22. The largest absolute Gasteiger partial charge is 0.444 e. The standard InChI is InChI=1S/C18H28N2O2/c1-18(2,3)22-17(21)19-12-16-10-7-11-20(14-16)13-15-8-5-4-6-9-15/h4-6,8-9,16H,7,10-14H2,1-3H3,(H,19,21). The first-order valence-electron chi connectivity index (χ1n) is 8.15. The van der Waals surface area contributed by atoms with E-state index in [1.54, 1.807) is 0 Å². The lowest BCUT2D eigenvalue weighted by molar-refractivity contribution is 0.0506. The van der Waals surface area contributed by atoms with Crippen molar-refractivity contribution in [1.82, 2.24) is 10.2 Å². The maximum atomic E-state index is 11.7. The first-order valence-corrected chi connectivity index (χ1v) is 8.15. The topological polar surface area (TPSA) is 41.6 Å². The molecule has 1 saturated heterocycles. The van der Waals surface area contributed by atoms with Crippen LogP contribution in [0, 0.1) is 5.92 Å². The zero-order valence-corrected chi connectivity index (χ0v) is 14.0. The lowest BCUT2D eigenvalue weighted by Gasteiger charge is -2.33. The van der Waals surface area contributed by atoms with Gasteiger partial charge in [0.15, 0.2) is 0 Å². The second-order valence-corrected chi connectivity index (χ2v) is 7.11. The number of hydrogen-bond acceptors (Lipinski definition) is 3. The number of alkyl carbamates (subject to hydrolysis) is 1. The Morgan fingerprint density at radius 3 is 2.73 bits per heavy atom. The zero-order valence-electron chi connectivity index (χ0n) is 14.0. The van der Waals surface area contributed by atoms with E-state index < -0.39 is 5.60 Å². The molecule has 1 heterocycles. The molecule has 0 saturated carbocycles. The number of carbonyl (C=O) groups excluding carboxylic acids is 1. The predicted octanol–water partition coefficient (Wildman–Crippen LogP) is 3.42. The predicted molar refractivity (Wildman–Crippen MR) is 88.7 cm³/mol. The van der Waals surface area contributed by atoms with Gasteiger partial charge in [-0.3, -0.25) is 4.90 Å². The third-order valence-electron chi connectivity index (χ3n) is 3.79. The number of hydrogen-bond donors (Lipinski definition) is 1. The Kier molecular flexibility index (Phi) is 5.83. The van der Waals surface area contributed by atoms with Gasteiger partial charge in [0.25, 0.3) is 0 Å². The Labute approximate surface area is 133 Å². The van der Waals surface area contributed by atoms with Crippen molar-refractivity contribution in [3.8, 4) is 0 Å². The van der Waals surface area contributed by atoms with Gasteiger partial charge >= 0.3 is 6.09 Å². The summed E-state index contributed by atoms with van der Waals surface area (Å²) in [6.07, 6.45) is 2.04. The number of benzene rings is 1. The molecule has 122 valence electrons. The highest BCUT2D eigenvalue weighted by molar-refractivity contribution is 5.67. The quantitative estimate of drug-likeness (QED) is 0.926. The molecule has 4 nitrogen and oxygen atoms in total. The van der Waals surface area contributed by atoms with Crippen molar-refractivity contribution in [2.45, 2.75) is 45.8 Å². The fraction of sp³-hybridized carbons (Fsp3) is 0.611. The molecule has 2 rings (SSSR count). The van der Waals surface area contributed by atoms with Crippen LogP contribution in [0.2, 0.25) is 0 Å². The number of nitrogens with one attached hydrogen (secondary N) is 1. The smallest absolute Gasteiger partial charge is 0.407 e. The van der Waals surface area contributed by atoms with Gasteiger partial charge in [-0.1, -0.05) is 30.3 Å². The lowest BCUT2D eigenvalue weighted by Crippen LogP contribution is -2.41. The molecule has 1 fully saturated rings. The summed E-state index contributed by atoms with van der Waals surface area (Å²) in [6, 6.07) is 10.6. The van der Waals surface area contributed by atoms with Crippen molar-refractivity contribution in [1.29, 1.82) is 0 Å². The highest BCUT2D eigenvalue weighted by Crippen LogP contribution is 2.18. The van der Waals surface area contributed by atoms with E-state index >= 15 is 0 Å². The molecule has 0 radical (unpaired) electrons. The van der Waals surface area contributed by atoms with E-state index in [-0.39, 0.29) is 6.09 Å². The number of nitrogens with zero attached hydrogens (tertiary/aromatic N) is 1. The molecule has 1 aliphatic rings. The maximum Gasteiger partial charge on any atom is 0.407 e. The van der Waals surface area contributed by atoms with Crippen LogP contribution >= 0.6 is 0 Å². The summed E-state index contributed by atoms with van der Waals surface area (Å²) in [6.45, 7) is 9.50. The number of piperidine rings is 1. The van der Waals surface area contributed by atoms with Crippen LogP contribution in [-0.4, -0.2) is 36.2 Å². The summed E-state index contributed by atoms with van der Waals surface area (Å²) >= 11 is 0. The molecule has 1 atom stereocenters. The summed E-state index contributed by atoms with van der Waals surface area (Å²) in [7, 11) is 0. The summed E-state index contributed by atoms with van der Waals surface area (Å²) < 4.78 is 5.29. The lowest BCUT2D eigenvalue weighted by atomic mass is 9.97. The minimum absolute atomic E-state index is 0.312. The Bertz CT molecular complexity index is 468. The monoisotopic (exact) mass is 304 g/mol. The molecule has 0 spiro atoms. The van der Waals surface area contributed by atoms with E-state index in [0.29, 0.717) is 12.5 Å². The molecule has 22 heavy (non-hydrogen) atoms. The van der Waals surface area contributed by atoms with E-state index in [1.807, 2.05) is 26.8 Å². The molecular formula is C18H28N2O2. The minimum Gasteiger partial charge on any atom is -0.444 e. The summed E-state index contributed by atoms with van der Waals surface area (Å²) in [5.41, 5.74) is 0.916. The molecular weight excluding hydrogens is 276 g/mol. The number of likely N-dealkylation sites (tertiary alicyclic amines) is 1. The first-order chi connectivity index (χ1) is 10.4. The molecule has 4 heteroatoms. The van der Waals surface area contributed by atoms with Gasteiger partial charge in [0, 0.05) is 19.6 Å². The van der Waals surface area contributed by atoms with Gasteiger partial charge < -0.3 is 10.1 Å². The van der Waals surface area contributed by atoms with Gasteiger partial charge in [-0.15, -0.1) is 0 Å².